The van der Waals surface area contributed by atoms with Crippen molar-refractivity contribution in [1.82, 2.24) is 9.97 Å². The quantitative estimate of drug-likeness (QED) is 0.901. The SMILES string of the molecule is CNc1cc(C2CC2)nc(C2(OC)CCOCC2)n1. The third kappa shape index (κ3) is 2.44. The van der Waals surface area contributed by atoms with Crippen molar-refractivity contribution in [3.05, 3.63) is 17.6 Å². The van der Waals surface area contributed by atoms with Crippen LogP contribution >= 0.6 is 0 Å². The summed E-state index contributed by atoms with van der Waals surface area (Å²) < 4.78 is 11.2. The number of rotatable bonds is 4. The zero-order chi connectivity index (χ0) is 13.3. The van der Waals surface area contributed by atoms with E-state index < -0.39 is 0 Å². The Labute approximate surface area is 113 Å². The van der Waals surface area contributed by atoms with Crippen LogP contribution in [0.4, 0.5) is 5.82 Å². The summed E-state index contributed by atoms with van der Waals surface area (Å²) in [6.45, 7) is 1.42. The molecule has 2 fully saturated rings. The first-order valence-electron chi connectivity index (χ1n) is 6.97. The average molecular weight is 263 g/mol. The minimum Gasteiger partial charge on any atom is -0.381 e. The Bertz CT molecular complexity index is 454. The lowest BCUT2D eigenvalue weighted by molar-refractivity contribution is -0.1000. The molecule has 3 rings (SSSR count). The summed E-state index contributed by atoms with van der Waals surface area (Å²) in [5.41, 5.74) is 0.770. The van der Waals surface area contributed by atoms with E-state index >= 15 is 0 Å². The van der Waals surface area contributed by atoms with Gasteiger partial charge in [0, 0.05) is 57.9 Å². The minimum atomic E-state index is -0.380. The van der Waals surface area contributed by atoms with Gasteiger partial charge >= 0.3 is 0 Å². The normalized spacial score (nSPS) is 22.2. The Hall–Kier alpha value is -1.20. The molecule has 1 aromatic heterocycles. The van der Waals surface area contributed by atoms with Gasteiger partial charge < -0.3 is 14.8 Å². The number of hydrogen-bond acceptors (Lipinski definition) is 5. The van der Waals surface area contributed by atoms with Gasteiger partial charge in [-0.3, -0.25) is 0 Å². The van der Waals surface area contributed by atoms with Crippen molar-refractivity contribution in [2.45, 2.75) is 37.2 Å². The lowest BCUT2D eigenvalue weighted by Crippen LogP contribution is -2.37. The fourth-order valence-corrected chi connectivity index (χ4v) is 2.61. The molecule has 5 heteroatoms. The Morgan fingerprint density at radius 2 is 2.05 bits per heavy atom. The van der Waals surface area contributed by atoms with E-state index in [-0.39, 0.29) is 5.60 Å². The maximum Gasteiger partial charge on any atom is 0.163 e. The molecule has 0 unspecified atom stereocenters. The Morgan fingerprint density at radius 1 is 1.32 bits per heavy atom. The monoisotopic (exact) mass is 263 g/mol. The summed E-state index contributed by atoms with van der Waals surface area (Å²) in [5.74, 6) is 2.31. The molecular weight excluding hydrogens is 242 g/mol. The molecule has 1 saturated heterocycles. The van der Waals surface area contributed by atoms with Crippen molar-refractivity contribution in [3.63, 3.8) is 0 Å². The molecule has 0 radical (unpaired) electrons. The van der Waals surface area contributed by atoms with Gasteiger partial charge in [-0.1, -0.05) is 0 Å². The Balaban J connectivity index is 1.99. The summed E-state index contributed by atoms with van der Waals surface area (Å²) >= 11 is 0. The van der Waals surface area contributed by atoms with Gasteiger partial charge in [-0.25, -0.2) is 9.97 Å². The molecule has 1 aliphatic carbocycles. The number of aromatic nitrogens is 2. The average Bonchev–Trinajstić information content (AvgIpc) is 3.32. The van der Waals surface area contributed by atoms with Gasteiger partial charge in [0.05, 0.1) is 0 Å². The third-order valence-electron chi connectivity index (χ3n) is 4.10. The zero-order valence-corrected chi connectivity index (χ0v) is 11.6. The standard InChI is InChI=1S/C14H21N3O2/c1-15-12-9-11(10-3-4-10)16-13(17-12)14(18-2)5-7-19-8-6-14/h9-10H,3-8H2,1-2H3,(H,15,16,17). The molecule has 2 aliphatic rings. The number of nitrogens with one attached hydrogen (secondary N) is 1. The van der Waals surface area contributed by atoms with Crippen molar-refractivity contribution in [3.8, 4) is 0 Å². The van der Waals surface area contributed by atoms with Crippen LogP contribution in [0.3, 0.4) is 0 Å². The topological polar surface area (TPSA) is 56.3 Å². The van der Waals surface area contributed by atoms with E-state index in [9.17, 15) is 0 Å². The molecule has 1 aliphatic heterocycles. The van der Waals surface area contributed by atoms with Crippen molar-refractivity contribution >= 4 is 5.82 Å². The molecule has 0 amide bonds. The van der Waals surface area contributed by atoms with Gasteiger partial charge in [0.15, 0.2) is 5.82 Å². The van der Waals surface area contributed by atoms with Gasteiger partial charge in [0.1, 0.15) is 11.4 Å². The second-order valence-corrected chi connectivity index (χ2v) is 5.34. The highest BCUT2D eigenvalue weighted by atomic mass is 16.5. The van der Waals surface area contributed by atoms with E-state index in [1.165, 1.54) is 12.8 Å². The highest BCUT2D eigenvalue weighted by Crippen LogP contribution is 2.41. The van der Waals surface area contributed by atoms with E-state index in [0.29, 0.717) is 19.1 Å². The smallest absolute Gasteiger partial charge is 0.163 e. The van der Waals surface area contributed by atoms with Gasteiger partial charge in [0.2, 0.25) is 0 Å². The second kappa shape index (κ2) is 5.06. The van der Waals surface area contributed by atoms with Crippen LogP contribution in [0.1, 0.15) is 43.1 Å². The van der Waals surface area contributed by atoms with Crippen LogP contribution in [0.15, 0.2) is 6.07 Å². The third-order valence-corrected chi connectivity index (χ3v) is 4.10. The molecule has 0 spiro atoms. The fraction of sp³-hybridized carbons (Fsp3) is 0.714. The van der Waals surface area contributed by atoms with Crippen molar-refractivity contribution < 1.29 is 9.47 Å². The Kier molecular flexibility index (Phi) is 3.41. The first kappa shape index (κ1) is 12.8. The number of methoxy groups -OCH3 is 1. The predicted molar refractivity (Wildman–Crippen MR) is 72.3 cm³/mol. The molecule has 104 valence electrons. The largest absolute Gasteiger partial charge is 0.381 e. The van der Waals surface area contributed by atoms with E-state index in [4.69, 9.17) is 14.5 Å². The van der Waals surface area contributed by atoms with Crippen LogP contribution in [-0.4, -0.2) is 37.3 Å². The molecule has 5 nitrogen and oxygen atoms in total. The van der Waals surface area contributed by atoms with Crippen LogP contribution in [0.5, 0.6) is 0 Å². The maximum absolute atomic E-state index is 5.79. The highest BCUT2D eigenvalue weighted by molar-refractivity contribution is 5.38. The summed E-state index contributed by atoms with van der Waals surface area (Å²) in [5, 5.41) is 3.13. The van der Waals surface area contributed by atoms with Crippen LogP contribution in [-0.2, 0) is 15.1 Å². The molecule has 19 heavy (non-hydrogen) atoms. The summed E-state index contributed by atoms with van der Waals surface area (Å²) in [7, 11) is 3.64. The minimum absolute atomic E-state index is 0.380. The summed E-state index contributed by atoms with van der Waals surface area (Å²) in [6.07, 6.45) is 4.12. The van der Waals surface area contributed by atoms with Gasteiger partial charge in [0.25, 0.3) is 0 Å². The zero-order valence-electron chi connectivity index (χ0n) is 11.6. The van der Waals surface area contributed by atoms with E-state index in [0.717, 1.165) is 30.2 Å². The van der Waals surface area contributed by atoms with Gasteiger partial charge in [-0.15, -0.1) is 0 Å². The van der Waals surface area contributed by atoms with Gasteiger partial charge in [-0.05, 0) is 12.8 Å². The maximum atomic E-state index is 5.79. The Morgan fingerprint density at radius 3 is 2.63 bits per heavy atom. The fourth-order valence-electron chi connectivity index (χ4n) is 2.61. The van der Waals surface area contributed by atoms with Crippen LogP contribution < -0.4 is 5.32 Å². The lowest BCUT2D eigenvalue weighted by Gasteiger charge is -2.34. The predicted octanol–water partition coefficient (Wildman–Crippen LogP) is 2.05. The molecule has 2 heterocycles. The molecular formula is C14H21N3O2. The van der Waals surface area contributed by atoms with Gasteiger partial charge in [-0.2, -0.15) is 0 Å². The number of nitrogens with zero attached hydrogens (tertiary/aromatic N) is 2. The number of ether oxygens (including phenoxy) is 2. The second-order valence-electron chi connectivity index (χ2n) is 5.34. The van der Waals surface area contributed by atoms with E-state index in [1.807, 2.05) is 7.05 Å². The van der Waals surface area contributed by atoms with Crippen LogP contribution in [0.25, 0.3) is 0 Å². The first-order chi connectivity index (χ1) is 9.27. The number of hydrogen-bond donors (Lipinski definition) is 1. The summed E-state index contributed by atoms with van der Waals surface area (Å²) in [4.78, 5) is 9.40. The van der Waals surface area contributed by atoms with E-state index in [2.05, 4.69) is 16.4 Å². The van der Waals surface area contributed by atoms with E-state index in [1.54, 1.807) is 7.11 Å². The lowest BCUT2D eigenvalue weighted by atomic mass is 9.93. The van der Waals surface area contributed by atoms with Crippen molar-refractivity contribution in [1.29, 1.82) is 0 Å². The molecule has 1 N–H and O–H groups in total. The molecule has 1 aromatic rings. The first-order valence-corrected chi connectivity index (χ1v) is 6.97. The molecule has 1 saturated carbocycles. The van der Waals surface area contributed by atoms with Crippen LogP contribution in [0, 0.1) is 0 Å². The molecule has 0 bridgehead atoms. The number of anilines is 1. The highest BCUT2D eigenvalue weighted by Gasteiger charge is 2.39. The molecule has 0 aromatic carbocycles. The molecule has 0 atom stereocenters. The summed E-state index contributed by atoms with van der Waals surface area (Å²) in [6, 6.07) is 2.06. The van der Waals surface area contributed by atoms with Crippen molar-refractivity contribution in [2.75, 3.05) is 32.7 Å². The van der Waals surface area contributed by atoms with Crippen molar-refractivity contribution in [2.24, 2.45) is 0 Å². The van der Waals surface area contributed by atoms with Crippen LogP contribution in [0.2, 0.25) is 0 Å².